The summed E-state index contributed by atoms with van der Waals surface area (Å²) in [6.07, 6.45) is 3.29. The number of amides is 1. The fourth-order valence-electron chi connectivity index (χ4n) is 1.77. The van der Waals surface area contributed by atoms with Crippen LogP contribution in [0.2, 0.25) is 0 Å². The first-order valence-corrected chi connectivity index (χ1v) is 7.63. The van der Waals surface area contributed by atoms with Gasteiger partial charge < -0.3 is 10.1 Å². The molecule has 0 spiro atoms. The first-order valence-electron chi connectivity index (χ1n) is 5.74. The van der Waals surface area contributed by atoms with Gasteiger partial charge in [0.1, 0.15) is 0 Å². The molecule has 0 radical (unpaired) electrons. The third-order valence-corrected chi connectivity index (χ3v) is 3.36. The predicted molar refractivity (Wildman–Crippen MR) is 64.0 cm³/mol. The van der Waals surface area contributed by atoms with Gasteiger partial charge in [0.25, 0.3) is 0 Å². The molecule has 7 heteroatoms. The molecule has 0 unspecified atom stereocenters. The van der Waals surface area contributed by atoms with E-state index in [-0.39, 0.29) is 31.0 Å². The zero-order valence-corrected chi connectivity index (χ0v) is 11.0. The van der Waals surface area contributed by atoms with Gasteiger partial charge in [-0.1, -0.05) is 0 Å². The van der Waals surface area contributed by atoms with E-state index in [1.54, 1.807) is 0 Å². The molecule has 6 nitrogen and oxygen atoms in total. The molecule has 100 valence electrons. The average molecular weight is 264 g/mol. The van der Waals surface area contributed by atoms with E-state index in [1.807, 2.05) is 6.92 Å². The van der Waals surface area contributed by atoms with Gasteiger partial charge in [0.05, 0.1) is 18.4 Å². The maximum absolute atomic E-state index is 11.5. The molecule has 1 aliphatic heterocycles. The third kappa shape index (κ3) is 5.99. The second-order valence-electron chi connectivity index (χ2n) is 4.32. The number of carbonyl (C=O) groups excluding carboxylic acids is 1. The lowest BCUT2D eigenvalue weighted by Gasteiger charge is -2.19. The van der Waals surface area contributed by atoms with Crippen LogP contribution in [0.5, 0.6) is 0 Å². The molecule has 17 heavy (non-hydrogen) atoms. The topological polar surface area (TPSA) is 84.5 Å². The Morgan fingerprint density at radius 3 is 2.76 bits per heavy atom. The fourth-order valence-corrected chi connectivity index (χ4v) is 2.24. The number of hydrogen-bond donors (Lipinski definition) is 2. The monoisotopic (exact) mass is 264 g/mol. The summed E-state index contributed by atoms with van der Waals surface area (Å²) >= 11 is 0. The Bertz CT molecular complexity index is 349. The zero-order valence-electron chi connectivity index (χ0n) is 10.2. The molecular formula is C10H20N2O4S. The van der Waals surface area contributed by atoms with Crippen LogP contribution >= 0.6 is 0 Å². The Morgan fingerprint density at radius 2 is 2.24 bits per heavy atom. The van der Waals surface area contributed by atoms with E-state index < -0.39 is 10.0 Å². The number of carbonyl (C=O) groups is 1. The standard InChI is InChI=1S/C10H20N2O4S/c1-8(9-4-3-7-16-9)12-10(13)5-6-11-17(2,14)15/h8-9,11H,3-7H2,1-2H3,(H,12,13)/t8-,9-/m1/s1. The largest absolute Gasteiger partial charge is 0.376 e. The van der Waals surface area contributed by atoms with Crippen molar-refractivity contribution in [2.45, 2.75) is 38.3 Å². The van der Waals surface area contributed by atoms with Gasteiger partial charge >= 0.3 is 0 Å². The van der Waals surface area contributed by atoms with E-state index in [9.17, 15) is 13.2 Å². The Morgan fingerprint density at radius 1 is 1.53 bits per heavy atom. The van der Waals surface area contributed by atoms with Crippen LogP contribution in [0, 0.1) is 0 Å². The van der Waals surface area contributed by atoms with Crippen molar-refractivity contribution in [2.75, 3.05) is 19.4 Å². The lowest BCUT2D eigenvalue weighted by atomic mass is 10.1. The van der Waals surface area contributed by atoms with Crippen LogP contribution in [0.15, 0.2) is 0 Å². The summed E-state index contributed by atoms with van der Waals surface area (Å²) in [7, 11) is -3.22. The van der Waals surface area contributed by atoms with Crippen LogP contribution in [-0.2, 0) is 19.6 Å². The molecule has 1 aliphatic rings. The highest BCUT2D eigenvalue weighted by atomic mass is 32.2. The van der Waals surface area contributed by atoms with E-state index >= 15 is 0 Å². The molecule has 1 fully saturated rings. The number of nitrogens with one attached hydrogen (secondary N) is 2. The molecule has 0 aromatic rings. The fraction of sp³-hybridized carbons (Fsp3) is 0.900. The van der Waals surface area contributed by atoms with Gasteiger partial charge in [0, 0.05) is 19.6 Å². The van der Waals surface area contributed by atoms with Crippen molar-refractivity contribution in [2.24, 2.45) is 0 Å². The van der Waals surface area contributed by atoms with Gasteiger partial charge in [0.2, 0.25) is 15.9 Å². The first-order chi connectivity index (χ1) is 7.88. The summed E-state index contributed by atoms with van der Waals surface area (Å²) in [5.41, 5.74) is 0. The Kier molecular flexibility index (Phi) is 5.35. The van der Waals surface area contributed by atoms with E-state index in [1.165, 1.54) is 0 Å². The number of sulfonamides is 1. The quantitative estimate of drug-likeness (QED) is 0.684. The normalized spacial score (nSPS) is 22.4. The lowest BCUT2D eigenvalue weighted by Crippen LogP contribution is -2.41. The highest BCUT2D eigenvalue weighted by molar-refractivity contribution is 7.88. The number of rotatable bonds is 6. The van der Waals surface area contributed by atoms with Gasteiger partial charge in [-0.3, -0.25) is 4.79 Å². The second-order valence-corrected chi connectivity index (χ2v) is 6.16. The van der Waals surface area contributed by atoms with Gasteiger partial charge in [-0.2, -0.15) is 0 Å². The summed E-state index contributed by atoms with van der Waals surface area (Å²) in [6, 6.07) is -0.0248. The molecule has 0 aromatic heterocycles. The van der Waals surface area contributed by atoms with E-state index in [2.05, 4.69) is 10.0 Å². The minimum atomic E-state index is -3.22. The summed E-state index contributed by atoms with van der Waals surface area (Å²) < 4.78 is 29.3. The van der Waals surface area contributed by atoms with Crippen LogP contribution < -0.4 is 10.0 Å². The molecule has 1 heterocycles. The molecule has 1 saturated heterocycles. The SMILES string of the molecule is C[C@@H](NC(=O)CCNS(C)(=O)=O)[C@H]1CCCO1. The van der Waals surface area contributed by atoms with Crippen molar-refractivity contribution in [3.63, 3.8) is 0 Å². The van der Waals surface area contributed by atoms with Crippen molar-refractivity contribution < 1.29 is 17.9 Å². The van der Waals surface area contributed by atoms with Gasteiger partial charge in [-0.25, -0.2) is 13.1 Å². The summed E-state index contributed by atoms with van der Waals surface area (Å²) in [5, 5.41) is 2.81. The van der Waals surface area contributed by atoms with Crippen LogP contribution in [0.25, 0.3) is 0 Å². The Balaban J connectivity index is 2.20. The van der Waals surface area contributed by atoms with E-state index in [4.69, 9.17) is 4.74 Å². The first kappa shape index (κ1) is 14.4. The minimum absolute atomic E-state index is 0.0248. The highest BCUT2D eigenvalue weighted by Gasteiger charge is 2.23. The number of ether oxygens (including phenoxy) is 1. The van der Waals surface area contributed by atoms with Crippen LogP contribution in [0.3, 0.4) is 0 Å². The molecule has 0 saturated carbocycles. The predicted octanol–water partition coefficient (Wildman–Crippen LogP) is -0.391. The minimum Gasteiger partial charge on any atom is -0.376 e. The third-order valence-electron chi connectivity index (χ3n) is 2.63. The number of hydrogen-bond acceptors (Lipinski definition) is 4. The molecule has 0 aromatic carbocycles. The molecule has 1 amide bonds. The average Bonchev–Trinajstić information content (AvgIpc) is 2.67. The molecule has 1 rings (SSSR count). The van der Waals surface area contributed by atoms with Gasteiger partial charge in [-0.05, 0) is 19.8 Å². The lowest BCUT2D eigenvalue weighted by molar-refractivity contribution is -0.122. The molecule has 0 bridgehead atoms. The molecule has 2 N–H and O–H groups in total. The van der Waals surface area contributed by atoms with Crippen molar-refractivity contribution in [1.82, 2.24) is 10.0 Å². The van der Waals surface area contributed by atoms with Crippen molar-refractivity contribution in [3.05, 3.63) is 0 Å². The van der Waals surface area contributed by atoms with E-state index in [0.717, 1.165) is 25.7 Å². The summed E-state index contributed by atoms with van der Waals surface area (Å²) in [4.78, 5) is 11.5. The van der Waals surface area contributed by atoms with Crippen molar-refractivity contribution >= 4 is 15.9 Å². The van der Waals surface area contributed by atoms with Crippen LogP contribution in [0.1, 0.15) is 26.2 Å². The summed E-state index contributed by atoms with van der Waals surface area (Å²) in [6.45, 7) is 2.78. The summed E-state index contributed by atoms with van der Waals surface area (Å²) in [5.74, 6) is -0.163. The maximum atomic E-state index is 11.5. The van der Waals surface area contributed by atoms with Gasteiger partial charge in [-0.15, -0.1) is 0 Å². The van der Waals surface area contributed by atoms with E-state index in [0.29, 0.717) is 0 Å². The second kappa shape index (κ2) is 6.32. The Hall–Kier alpha value is -0.660. The van der Waals surface area contributed by atoms with Gasteiger partial charge in [0.15, 0.2) is 0 Å². The van der Waals surface area contributed by atoms with Crippen LogP contribution in [0.4, 0.5) is 0 Å². The van der Waals surface area contributed by atoms with Crippen molar-refractivity contribution in [1.29, 1.82) is 0 Å². The molecule has 2 atom stereocenters. The van der Waals surface area contributed by atoms with Crippen molar-refractivity contribution in [3.8, 4) is 0 Å². The molecule has 0 aliphatic carbocycles. The maximum Gasteiger partial charge on any atom is 0.221 e. The molecular weight excluding hydrogens is 244 g/mol. The Labute approximate surface area is 102 Å². The highest BCUT2D eigenvalue weighted by Crippen LogP contribution is 2.15. The zero-order chi connectivity index (χ0) is 12.9. The van der Waals surface area contributed by atoms with Crippen LogP contribution in [-0.4, -0.2) is 45.9 Å². The smallest absolute Gasteiger partial charge is 0.221 e.